The van der Waals surface area contributed by atoms with Crippen LogP contribution in [0.15, 0.2) is 18.3 Å². The van der Waals surface area contributed by atoms with Crippen molar-refractivity contribution >= 4 is 5.69 Å². The zero-order valence-electron chi connectivity index (χ0n) is 9.90. The van der Waals surface area contributed by atoms with Crippen LogP contribution in [0.1, 0.15) is 26.0 Å². The first-order chi connectivity index (χ1) is 7.16. The molecule has 2 heteroatoms. The predicted octanol–water partition coefficient (Wildman–Crippen LogP) is 2.87. The Bertz CT molecular complexity index is 333. The molecule has 1 atom stereocenters. The van der Waals surface area contributed by atoms with Crippen LogP contribution in [0.4, 0.5) is 5.69 Å². The summed E-state index contributed by atoms with van der Waals surface area (Å²) in [5.74, 6) is 1.66. The minimum absolute atomic E-state index is 0.804. The van der Waals surface area contributed by atoms with Gasteiger partial charge in [-0.2, -0.15) is 0 Å². The largest absolute Gasteiger partial charge is 0.371 e. The maximum absolute atomic E-state index is 4.24. The summed E-state index contributed by atoms with van der Waals surface area (Å²) in [6, 6.07) is 4.30. The molecule has 1 aliphatic rings. The molecule has 0 radical (unpaired) electrons. The van der Waals surface area contributed by atoms with Gasteiger partial charge in [-0.3, -0.25) is 4.98 Å². The number of hydrogen-bond donors (Lipinski definition) is 0. The van der Waals surface area contributed by atoms with Gasteiger partial charge in [0, 0.05) is 30.7 Å². The second-order valence-electron chi connectivity index (χ2n) is 4.89. The molecule has 2 heterocycles. The third-order valence-electron chi connectivity index (χ3n) is 3.41. The highest BCUT2D eigenvalue weighted by Gasteiger charge is 2.24. The minimum atomic E-state index is 0.804. The van der Waals surface area contributed by atoms with E-state index in [2.05, 4.69) is 42.8 Å². The Balaban J connectivity index is 2.08. The van der Waals surface area contributed by atoms with Gasteiger partial charge in [0.2, 0.25) is 0 Å². The van der Waals surface area contributed by atoms with Crippen molar-refractivity contribution in [3.05, 3.63) is 24.0 Å². The summed E-state index contributed by atoms with van der Waals surface area (Å²) in [6.45, 7) is 9.12. The SMILES string of the molecule is Cc1cc(N2CCC(C(C)C)C2)ccn1. The minimum Gasteiger partial charge on any atom is -0.371 e. The molecule has 0 saturated carbocycles. The third-order valence-corrected chi connectivity index (χ3v) is 3.41. The van der Waals surface area contributed by atoms with Gasteiger partial charge in [-0.1, -0.05) is 13.8 Å². The molecular weight excluding hydrogens is 184 g/mol. The van der Waals surface area contributed by atoms with Gasteiger partial charge in [0.1, 0.15) is 0 Å². The van der Waals surface area contributed by atoms with Crippen molar-refractivity contribution in [2.24, 2.45) is 11.8 Å². The fraction of sp³-hybridized carbons (Fsp3) is 0.615. The molecular formula is C13H20N2. The van der Waals surface area contributed by atoms with E-state index in [1.165, 1.54) is 25.2 Å². The van der Waals surface area contributed by atoms with E-state index in [-0.39, 0.29) is 0 Å². The zero-order chi connectivity index (χ0) is 10.8. The van der Waals surface area contributed by atoms with Gasteiger partial charge in [0.25, 0.3) is 0 Å². The molecule has 2 rings (SSSR count). The Labute approximate surface area is 92.3 Å². The molecule has 0 aliphatic carbocycles. The van der Waals surface area contributed by atoms with Crippen molar-refractivity contribution in [3.63, 3.8) is 0 Å². The van der Waals surface area contributed by atoms with Crippen LogP contribution in [0.3, 0.4) is 0 Å². The number of pyridine rings is 1. The maximum atomic E-state index is 4.24. The van der Waals surface area contributed by atoms with Gasteiger partial charge in [0.15, 0.2) is 0 Å². The Hall–Kier alpha value is -1.05. The van der Waals surface area contributed by atoms with Gasteiger partial charge in [-0.25, -0.2) is 0 Å². The molecule has 1 unspecified atom stereocenters. The van der Waals surface area contributed by atoms with Crippen LogP contribution in [-0.4, -0.2) is 18.1 Å². The Kier molecular flexibility index (Phi) is 2.94. The summed E-state index contributed by atoms with van der Waals surface area (Å²) in [5.41, 5.74) is 2.45. The molecule has 1 aliphatic heterocycles. The first-order valence-electron chi connectivity index (χ1n) is 5.84. The summed E-state index contributed by atoms with van der Waals surface area (Å²) in [7, 11) is 0. The van der Waals surface area contributed by atoms with Crippen LogP contribution in [0.25, 0.3) is 0 Å². The average molecular weight is 204 g/mol. The second kappa shape index (κ2) is 4.21. The van der Waals surface area contributed by atoms with Crippen LogP contribution in [-0.2, 0) is 0 Å². The molecule has 1 aromatic heterocycles. The van der Waals surface area contributed by atoms with Crippen molar-refractivity contribution in [1.29, 1.82) is 0 Å². The molecule has 0 amide bonds. The molecule has 1 aromatic rings. The van der Waals surface area contributed by atoms with Gasteiger partial charge in [-0.15, -0.1) is 0 Å². The lowest BCUT2D eigenvalue weighted by Crippen LogP contribution is -2.21. The Morgan fingerprint density at radius 1 is 1.47 bits per heavy atom. The lowest BCUT2D eigenvalue weighted by molar-refractivity contribution is 0.423. The van der Waals surface area contributed by atoms with E-state index in [0.717, 1.165) is 17.5 Å². The predicted molar refractivity (Wildman–Crippen MR) is 64.1 cm³/mol. The highest BCUT2D eigenvalue weighted by molar-refractivity contribution is 5.47. The molecule has 2 nitrogen and oxygen atoms in total. The quantitative estimate of drug-likeness (QED) is 0.736. The van der Waals surface area contributed by atoms with Crippen molar-refractivity contribution in [3.8, 4) is 0 Å². The normalized spacial score (nSPS) is 21.3. The van der Waals surface area contributed by atoms with Crippen LogP contribution in [0.2, 0.25) is 0 Å². The Morgan fingerprint density at radius 2 is 2.27 bits per heavy atom. The van der Waals surface area contributed by atoms with Crippen LogP contribution < -0.4 is 4.90 Å². The zero-order valence-corrected chi connectivity index (χ0v) is 9.90. The van der Waals surface area contributed by atoms with Crippen LogP contribution in [0, 0.1) is 18.8 Å². The highest BCUT2D eigenvalue weighted by Crippen LogP contribution is 2.27. The summed E-state index contributed by atoms with van der Waals surface area (Å²) < 4.78 is 0. The molecule has 0 spiro atoms. The molecule has 0 aromatic carbocycles. The fourth-order valence-electron chi connectivity index (χ4n) is 2.29. The van der Waals surface area contributed by atoms with Crippen molar-refractivity contribution < 1.29 is 0 Å². The van der Waals surface area contributed by atoms with Gasteiger partial charge in [-0.05, 0) is 37.3 Å². The maximum Gasteiger partial charge on any atom is 0.0399 e. The van der Waals surface area contributed by atoms with Crippen molar-refractivity contribution in [2.45, 2.75) is 27.2 Å². The molecule has 1 saturated heterocycles. The van der Waals surface area contributed by atoms with E-state index in [1.54, 1.807) is 0 Å². The first kappa shape index (κ1) is 10.5. The number of hydrogen-bond acceptors (Lipinski definition) is 2. The average Bonchev–Trinajstić information content (AvgIpc) is 2.66. The number of aromatic nitrogens is 1. The fourth-order valence-corrected chi connectivity index (χ4v) is 2.29. The van der Waals surface area contributed by atoms with E-state index in [4.69, 9.17) is 0 Å². The summed E-state index contributed by atoms with van der Waals surface area (Å²) in [6.07, 6.45) is 3.24. The van der Waals surface area contributed by atoms with E-state index in [0.29, 0.717) is 0 Å². The smallest absolute Gasteiger partial charge is 0.0399 e. The number of aryl methyl sites for hydroxylation is 1. The summed E-state index contributed by atoms with van der Waals surface area (Å²) in [4.78, 5) is 6.72. The molecule has 0 bridgehead atoms. The highest BCUT2D eigenvalue weighted by atomic mass is 15.2. The molecule has 0 N–H and O–H groups in total. The van der Waals surface area contributed by atoms with Gasteiger partial charge in [0.05, 0.1) is 0 Å². The molecule has 15 heavy (non-hydrogen) atoms. The lowest BCUT2D eigenvalue weighted by atomic mass is 9.95. The summed E-state index contributed by atoms with van der Waals surface area (Å²) >= 11 is 0. The van der Waals surface area contributed by atoms with Crippen LogP contribution in [0.5, 0.6) is 0 Å². The lowest BCUT2D eigenvalue weighted by Gasteiger charge is -2.20. The first-order valence-corrected chi connectivity index (χ1v) is 5.84. The summed E-state index contributed by atoms with van der Waals surface area (Å²) in [5, 5.41) is 0. The van der Waals surface area contributed by atoms with Crippen LogP contribution >= 0.6 is 0 Å². The molecule has 1 fully saturated rings. The van der Waals surface area contributed by atoms with Gasteiger partial charge >= 0.3 is 0 Å². The number of nitrogens with zero attached hydrogens (tertiary/aromatic N) is 2. The molecule has 82 valence electrons. The van der Waals surface area contributed by atoms with Crippen molar-refractivity contribution in [1.82, 2.24) is 4.98 Å². The van der Waals surface area contributed by atoms with Gasteiger partial charge < -0.3 is 4.90 Å². The number of rotatable bonds is 2. The Morgan fingerprint density at radius 3 is 2.87 bits per heavy atom. The topological polar surface area (TPSA) is 16.1 Å². The second-order valence-corrected chi connectivity index (χ2v) is 4.89. The third kappa shape index (κ3) is 2.31. The van der Waals surface area contributed by atoms with Crippen molar-refractivity contribution in [2.75, 3.05) is 18.0 Å². The van der Waals surface area contributed by atoms with E-state index in [9.17, 15) is 0 Å². The monoisotopic (exact) mass is 204 g/mol. The van der Waals surface area contributed by atoms with E-state index < -0.39 is 0 Å². The van der Waals surface area contributed by atoms with E-state index >= 15 is 0 Å². The number of anilines is 1. The standard InChI is InChI=1S/C13H20N2/c1-10(2)12-5-7-15(9-12)13-4-6-14-11(3)8-13/h4,6,8,10,12H,5,7,9H2,1-3H3. The van der Waals surface area contributed by atoms with E-state index in [1.807, 2.05) is 6.20 Å².